The summed E-state index contributed by atoms with van der Waals surface area (Å²) < 4.78 is 0. The Hall–Kier alpha value is -0.0400. The maximum Gasteiger partial charge on any atom is 0.0467 e. The molecule has 0 aromatic heterocycles. The number of rotatable bonds is 1. The number of fused-ring (bicyclic) bond motifs is 1. The zero-order valence-corrected chi connectivity index (χ0v) is 10.5. The Bertz CT molecular complexity index is 217. The molecule has 0 saturated heterocycles. The third-order valence-corrected chi connectivity index (χ3v) is 5.57. The summed E-state index contributed by atoms with van der Waals surface area (Å²) in [5, 5.41) is 9.65. The standard InChI is InChI=1S/C14H26O/c1-10-5-4-8-14(3)12(10)7-6-11(2)13(14)9-15/h10-13,15H,4-9H2,1-3H3/t10?,11-,12?,13?,14?/m0/s1. The lowest BCUT2D eigenvalue weighted by atomic mass is 9.50. The van der Waals surface area contributed by atoms with Crippen molar-refractivity contribution in [2.75, 3.05) is 6.61 Å². The monoisotopic (exact) mass is 210 g/mol. The number of aliphatic hydroxyl groups excluding tert-OH is 1. The van der Waals surface area contributed by atoms with E-state index < -0.39 is 0 Å². The fourth-order valence-electron chi connectivity index (χ4n) is 4.60. The van der Waals surface area contributed by atoms with Gasteiger partial charge < -0.3 is 5.11 Å². The smallest absolute Gasteiger partial charge is 0.0467 e. The van der Waals surface area contributed by atoms with E-state index in [0.29, 0.717) is 17.9 Å². The first-order valence-electron chi connectivity index (χ1n) is 6.70. The van der Waals surface area contributed by atoms with Crippen LogP contribution in [-0.4, -0.2) is 11.7 Å². The minimum absolute atomic E-state index is 0.404. The van der Waals surface area contributed by atoms with Gasteiger partial charge in [0.1, 0.15) is 0 Å². The van der Waals surface area contributed by atoms with E-state index in [0.717, 1.165) is 17.8 Å². The van der Waals surface area contributed by atoms with E-state index >= 15 is 0 Å². The molecule has 1 nitrogen and oxygen atoms in total. The van der Waals surface area contributed by atoms with E-state index in [4.69, 9.17) is 0 Å². The van der Waals surface area contributed by atoms with Crippen LogP contribution in [0.2, 0.25) is 0 Å². The zero-order valence-electron chi connectivity index (χ0n) is 10.5. The predicted octanol–water partition coefficient (Wildman–Crippen LogP) is 3.47. The molecule has 2 aliphatic rings. The van der Waals surface area contributed by atoms with Crippen molar-refractivity contribution in [1.82, 2.24) is 0 Å². The second-order valence-electron chi connectivity index (χ2n) is 6.33. The van der Waals surface area contributed by atoms with Gasteiger partial charge in [0.05, 0.1) is 0 Å². The summed E-state index contributed by atoms with van der Waals surface area (Å²) in [6, 6.07) is 0. The molecule has 0 heterocycles. The van der Waals surface area contributed by atoms with Crippen LogP contribution in [0.15, 0.2) is 0 Å². The van der Waals surface area contributed by atoms with E-state index in [1.807, 2.05) is 0 Å². The van der Waals surface area contributed by atoms with Crippen LogP contribution in [0.4, 0.5) is 0 Å². The third kappa shape index (κ3) is 1.73. The summed E-state index contributed by atoms with van der Waals surface area (Å²) in [5.74, 6) is 3.03. The Morgan fingerprint density at radius 3 is 2.53 bits per heavy atom. The van der Waals surface area contributed by atoms with Crippen molar-refractivity contribution in [3.8, 4) is 0 Å². The molecule has 5 atom stereocenters. The second kappa shape index (κ2) is 4.08. The third-order valence-electron chi connectivity index (χ3n) is 5.57. The van der Waals surface area contributed by atoms with Gasteiger partial charge in [0.15, 0.2) is 0 Å². The van der Waals surface area contributed by atoms with Gasteiger partial charge in [-0.25, -0.2) is 0 Å². The first kappa shape index (κ1) is 11.4. The molecule has 0 spiro atoms. The van der Waals surface area contributed by atoms with E-state index in [9.17, 15) is 5.11 Å². The van der Waals surface area contributed by atoms with Crippen LogP contribution >= 0.6 is 0 Å². The van der Waals surface area contributed by atoms with Crippen LogP contribution in [0, 0.1) is 29.1 Å². The molecule has 0 aliphatic heterocycles. The molecule has 15 heavy (non-hydrogen) atoms. The molecular weight excluding hydrogens is 184 g/mol. The van der Waals surface area contributed by atoms with Gasteiger partial charge in [0, 0.05) is 6.61 Å². The molecule has 0 aromatic carbocycles. The van der Waals surface area contributed by atoms with Crippen LogP contribution in [-0.2, 0) is 0 Å². The van der Waals surface area contributed by atoms with Crippen LogP contribution in [0.5, 0.6) is 0 Å². The van der Waals surface area contributed by atoms with Gasteiger partial charge >= 0.3 is 0 Å². The van der Waals surface area contributed by atoms with E-state index in [-0.39, 0.29) is 0 Å². The number of hydrogen-bond acceptors (Lipinski definition) is 1. The zero-order chi connectivity index (χ0) is 11.1. The van der Waals surface area contributed by atoms with Crippen molar-refractivity contribution in [1.29, 1.82) is 0 Å². The molecule has 2 fully saturated rings. The van der Waals surface area contributed by atoms with Crippen molar-refractivity contribution in [3.05, 3.63) is 0 Å². The fraction of sp³-hybridized carbons (Fsp3) is 1.00. The molecule has 0 bridgehead atoms. The Morgan fingerprint density at radius 2 is 1.87 bits per heavy atom. The van der Waals surface area contributed by atoms with Gasteiger partial charge in [-0.3, -0.25) is 0 Å². The first-order chi connectivity index (χ1) is 7.09. The molecule has 88 valence electrons. The molecule has 1 N–H and O–H groups in total. The number of aliphatic hydroxyl groups is 1. The molecule has 0 aromatic rings. The van der Waals surface area contributed by atoms with Crippen molar-refractivity contribution in [2.24, 2.45) is 29.1 Å². The van der Waals surface area contributed by atoms with E-state index in [1.165, 1.54) is 32.1 Å². The van der Waals surface area contributed by atoms with E-state index in [1.54, 1.807) is 0 Å². The highest BCUT2D eigenvalue weighted by Gasteiger charge is 2.49. The van der Waals surface area contributed by atoms with Gasteiger partial charge in [0.2, 0.25) is 0 Å². The second-order valence-corrected chi connectivity index (χ2v) is 6.33. The van der Waals surface area contributed by atoms with Gasteiger partial charge in [-0.05, 0) is 41.9 Å². The average molecular weight is 210 g/mol. The van der Waals surface area contributed by atoms with Crippen LogP contribution in [0.3, 0.4) is 0 Å². The Balaban J connectivity index is 2.24. The summed E-state index contributed by atoms with van der Waals surface area (Å²) in [7, 11) is 0. The highest BCUT2D eigenvalue weighted by atomic mass is 16.3. The van der Waals surface area contributed by atoms with Gasteiger partial charge in [-0.2, -0.15) is 0 Å². The largest absolute Gasteiger partial charge is 0.396 e. The summed E-state index contributed by atoms with van der Waals surface area (Å²) in [5.41, 5.74) is 0.435. The van der Waals surface area contributed by atoms with Crippen LogP contribution in [0.1, 0.15) is 52.9 Å². The Labute approximate surface area is 94.3 Å². The first-order valence-corrected chi connectivity index (χ1v) is 6.70. The fourth-order valence-corrected chi connectivity index (χ4v) is 4.60. The number of hydrogen-bond donors (Lipinski definition) is 1. The summed E-state index contributed by atoms with van der Waals surface area (Å²) >= 11 is 0. The predicted molar refractivity (Wildman–Crippen MR) is 63.6 cm³/mol. The lowest BCUT2D eigenvalue weighted by Crippen LogP contribution is -2.48. The van der Waals surface area contributed by atoms with E-state index in [2.05, 4.69) is 20.8 Å². The van der Waals surface area contributed by atoms with Crippen LogP contribution < -0.4 is 0 Å². The normalized spacial score (nSPS) is 51.2. The topological polar surface area (TPSA) is 20.2 Å². The summed E-state index contributed by atoms with van der Waals surface area (Å²) in [6.45, 7) is 7.61. The summed E-state index contributed by atoms with van der Waals surface area (Å²) in [4.78, 5) is 0. The Kier molecular flexibility index (Phi) is 3.12. The molecule has 4 unspecified atom stereocenters. The van der Waals surface area contributed by atoms with Gasteiger partial charge in [-0.15, -0.1) is 0 Å². The quantitative estimate of drug-likeness (QED) is 0.702. The minimum Gasteiger partial charge on any atom is -0.396 e. The van der Waals surface area contributed by atoms with Crippen molar-refractivity contribution in [2.45, 2.75) is 52.9 Å². The highest BCUT2D eigenvalue weighted by Crippen LogP contribution is 2.56. The van der Waals surface area contributed by atoms with Crippen molar-refractivity contribution >= 4 is 0 Å². The lowest BCUT2D eigenvalue weighted by molar-refractivity contribution is -0.0764. The van der Waals surface area contributed by atoms with Crippen molar-refractivity contribution < 1.29 is 5.11 Å². The van der Waals surface area contributed by atoms with Crippen LogP contribution in [0.25, 0.3) is 0 Å². The molecule has 0 amide bonds. The summed E-state index contributed by atoms with van der Waals surface area (Å²) in [6.07, 6.45) is 6.85. The van der Waals surface area contributed by atoms with Gasteiger partial charge in [0.25, 0.3) is 0 Å². The molecule has 2 aliphatic carbocycles. The highest BCUT2D eigenvalue weighted by molar-refractivity contribution is 4.98. The Morgan fingerprint density at radius 1 is 1.13 bits per heavy atom. The minimum atomic E-state index is 0.404. The molecule has 0 radical (unpaired) electrons. The molecular formula is C14H26O. The maximum atomic E-state index is 9.65. The molecule has 1 heteroatoms. The lowest BCUT2D eigenvalue weighted by Gasteiger charge is -2.55. The SMILES string of the molecule is CC1CCCC2(C)C1CC[C@H](C)C2CO. The maximum absolute atomic E-state index is 9.65. The van der Waals surface area contributed by atoms with Crippen molar-refractivity contribution in [3.63, 3.8) is 0 Å². The van der Waals surface area contributed by atoms with Gasteiger partial charge in [-0.1, -0.05) is 40.0 Å². The molecule has 2 saturated carbocycles. The average Bonchev–Trinajstić information content (AvgIpc) is 2.17. The molecule has 2 rings (SSSR count).